The molecular formula is C26H19ClO4. The molecule has 2 aromatic heterocycles. The Morgan fingerprint density at radius 2 is 1.55 bits per heavy atom. The van der Waals surface area contributed by atoms with Crippen LogP contribution in [0.2, 0.25) is 5.02 Å². The third kappa shape index (κ3) is 3.25. The first kappa shape index (κ1) is 19.6. The maximum atomic E-state index is 12.0. The van der Waals surface area contributed by atoms with Crippen LogP contribution in [0.5, 0.6) is 0 Å². The predicted octanol–water partition coefficient (Wildman–Crippen LogP) is 6.56. The van der Waals surface area contributed by atoms with E-state index in [-0.39, 0.29) is 0 Å². The molecule has 31 heavy (non-hydrogen) atoms. The summed E-state index contributed by atoms with van der Waals surface area (Å²) in [7, 11) is 0. The van der Waals surface area contributed by atoms with E-state index >= 15 is 0 Å². The number of fused-ring (bicyclic) bond motifs is 2. The first-order chi connectivity index (χ1) is 14.9. The summed E-state index contributed by atoms with van der Waals surface area (Å²) in [5, 5.41) is 13.5. The second-order valence-electron chi connectivity index (χ2n) is 7.66. The van der Waals surface area contributed by atoms with Crippen LogP contribution in [0.1, 0.15) is 28.6 Å². The summed E-state index contributed by atoms with van der Waals surface area (Å²) in [6.45, 7) is 3.75. The summed E-state index contributed by atoms with van der Waals surface area (Å²) in [6, 6.07) is 20.3. The highest BCUT2D eigenvalue weighted by atomic mass is 35.5. The standard InChI is InChI=1S/C26H19ClO4/c1-14-12-21(28)30-24-15(2)25-20(13-19(14)24)22(16-6-4-3-5-7-16)26(31-25)23(29)17-8-10-18(27)11-9-17/h3-13,23,29H,1-2H3. The summed E-state index contributed by atoms with van der Waals surface area (Å²) in [4.78, 5) is 12.0. The maximum Gasteiger partial charge on any atom is 0.336 e. The molecule has 0 saturated carbocycles. The third-order valence-corrected chi connectivity index (χ3v) is 5.90. The highest BCUT2D eigenvalue weighted by Crippen LogP contribution is 2.43. The van der Waals surface area contributed by atoms with E-state index in [4.69, 9.17) is 20.4 Å². The van der Waals surface area contributed by atoms with Crippen LogP contribution in [0.25, 0.3) is 33.1 Å². The van der Waals surface area contributed by atoms with Crippen LogP contribution >= 0.6 is 11.6 Å². The Hall–Kier alpha value is -3.34. The quantitative estimate of drug-likeness (QED) is 0.329. The lowest BCUT2D eigenvalue weighted by Crippen LogP contribution is -1.99. The number of furan rings is 1. The van der Waals surface area contributed by atoms with Crippen molar-refractivity contribution in [1.29, 1.82) is 0 Å². The van der Waals surface area contributed by atoms with Crippen molar-refractivity contribution in [3.63, 3.8) is 0 Å². The van der Waals surface area contributed by atoms with Crippen LogP contribution in [0.4, 0.5) is 0 Å². The van der Waals surface area contributed by atoms with Crippen molar-refractivity contribution in [2.45, 2.75) is 20.0 Å². The predicted molar refractivity (Wildman–Crippen MR) is 123 cm³/mol. The molecule has 1 atom stereocenters. The lowest BCUT2D eigenvalue weighted by Gasteiger charge is -2.11. The van der Waals surface area contributed by atoms with Crippen LogP contribution in [0.15, 0.2) is 80.4 Å². The molecule has 5 heteroatoms. The molecule has 0 bridgehead atoms. The summed E-state index contributed by atoms with van der Waals surface area (Å²) in [5.74, 6) is 0.432. The lowest BCUT2D eigenvalue weighted by molar-refractivity contribution is 0.193. The van der Waals surface area contributed by atoms with Crippen molar-refractivity contribution in [1.82, 2.24) is 0 Å². The number of hydrogen-bond donors (Lipinski definition) is 1. The summed E-state index contributed by atoms with van der Waals surface area (Å²) in [6.07, 6.45) is -0.990. The lowest BCUT2D eigenvalue weighted by atomic mass is 9.95. The zero-order valence-corrected chi connectivity index (χ0v) is 17.7. The van der Waals surface area contributed by atoms with E-state index < -0.39 is 11.7 Å². The topological polar surface area (TPSA) is 63.6 Å². The number of halogens is 1. The molecule has 1 unspecified atom stereocenters. The highest BCUT2D eigenvalue weighted by Gasteiger charge is 2.26. The number of hydrogen-bond acceptors (Lipinski definition) is 4. The van der Waals surface area contributed by atoms with Gasteiger partial charge in [0, 0.05) is 33.0 Å². The Morgan fingerprint density at radius 1 is 0.871 bits per heavy atom. The van der Waals surface area contributed by atoms with Crippen LogP contribution in [-0.2, 0) is 0 Å². The second kappa shape index (κ2) is 7.41. The van der Waals surface area contributed by atoms with Gasteiger partial charge in [-0.15, -0.1) is 0 Å². The monoisotopic (exact) mass is 430 g/mol. The van der Waals surface area contributed by atoms with Gasteiger partial charge in [0.05, 0.1) is 0 Å². The van der Waals surface area contributed by atoms with E-state index in [0.717, 1.165) is 33.0 Å². The van der Waals surface area contributed by atoms with E-state index in [1.54, 1.807) is 24.3 Å². The number of rotatable bonds is 3. The first-order valence-electron chi connectivity index (χ1n) is 9.93. The first-order valence-corrected chi connectivity index (χ1v) is 10.3. The summed E-state index contributed by atoms with van der Waals surface area (Å²) < 4.78 is 11.8. The third-order valence-electron chi connectivity index (χ3n) is 5.65. The van der Waals surface area contributed by atoms with Crippen molar-refractivity contribution < 1.29 is 13.9 Å². The summed E-state index contributed by atoms with van der Waals surface area (Å²) >= 11 is 6.02. The number of aliphatic hydroxyl groups excluding tert-OH is 1. The van der Waals surface area contributed by atoms with Gasteiger partial charge in [-0.3, -0.25) is 0 Å². The molecule has 0 radical (unpaired) electrons. The Kier molecular flexibility index (Phi) is 4.69. The van der Waals surface area contributed by atoms with Crippen molar-refractivity contribution in [3.8, 4) is 11.1 Å². The van der Waals surface area contributed by atoms with Gasteiger partial charge in [0.25, 0.3) is 0 Å². The maximum absolute atomic E-state index is 12.0. The van der Waals surface area contributed by atoms with Gasteiger partial charge >= 0.3 is 5.63 Å². The molecule has 0 aliphatic heterocycles. The molecule has 0 aliphatic carbocycles. The van der Waals surface area contributed by atoms with Crippen LogP contribution in [-0.4, -0.2) is 5.11 Å². The van der Waals surface area contributed by atoms with E-state index in [0.29, 0.717) is 27.5 Å². The van der Waals surface area contributed by atoms with Crippen molar-refractivity contribution in [3.05, 3.63) is 105 Å². The van der Waals surface area contributed by atoms with E-state index in [1.165, 1.54) is 6.07 Å². The molecule has 0 fully saturated rings. The van der Waals surface area contributed by atoms with E-state index in [9.17, 15) is 9.90 Å². The largest absolute Gasteiger partial charge is 0.457 e. The second-order valence-corrected chi connectivity index (χ2v) is 8.10. The minimum Gasteiger partial charge on any atom is -0.457 e. The van der Waals surface area contributed by atoms with Gasteiger partial charge < -0.3 is 13.9 Å². The number of aryl methyl sites for hydroxylation is 2. The van der Waals surface area contributed by atoms with E-state index in [1.807, 2.05) is 50.2 Å². The normalized spacial score (nSPS) is 12.5. The fourth-order valence-electron chi connectivity index (χ4n) is 4.09. The molecule has 3 aromatic carbocycles. The molecule has 0 saturated heterocycles. The van der Waals surface area contributed by atoms with Gasteiger partial charge in [-0.05, 0) is 48.7 Å². The van der Waals surface area contributed by atoms with Crippen LogP contribution < -0.4 is 5.63 Å². The van der Waals surface area contributed by atoms with Gasteiger partial charge in [-0.1, -0.05) is 54.1 Å². The minimum absolute atomic E-state index is 0.399. The van der Waals surface area contributed by atoms with Gasteiger partial charge in [0.1, 0.15) is 23.0 Å². The molecule has 2 heterocycles. The average molecular weight is 431 g/mol. The van der Waals surface area contributed by atoms with Crippen molar-refractivity contribution in [2.75, 3.05) is 0 Å². The highest BCUT2D eigenvalue weighted by molar-refractivity contribution is 6.30. The molecule has 0 amide bonds. The Labute approximate surface area is 183 Å². The molecule has 1 N–H and O–H groups in total. The van der Waals surface area contributed by atoms with Gasteiger partial charge in [-0.25, -0.2) is 4.79 Å². The fraction of sp³-hybridized carbons (Fsp3) is 0.115. The van der Waals surface area contributed by atoms with Crippen LogP contribution in [0.3, 0.4) is 0 Å². The van der Waals surface area contributed by atoms with Gasteiger partial charge in [0.15, 0.2) is 0 Å². The molecule has 0 spiro atoms. The van der Waals surface area contributed by atoms with Crippen LogP contribution in [0, 0.1) is 13.8 Å². The molecule has 0 aliphatic rings. The zero-order chi connectivity index (χ0) is 21.7. The molecule has 5 aromatic rings. The van der Waals surface area contributed by atoms with Gasteiger partial charge in [-0.2, -0.15) is 0 Å². The molecule has 154 valence electrons. The van der Waals surface area contributed by atoms with Crippen molar-refractivity contribution in [2.24, 2.45) is 0 Å². The molecular weight excluding hydrogens is 412 g/mol. The molecule has 4 nitrogen and oxygen atoms in total. The number of aliphatic hydroxyl groups is 1. The van der Waals surface area contributed by atoms with E-state index in [2.05, 4.69) is 0 Å². The number of benzene rings is 3. The fourth-order valence-corrected chi connectivity index (χ4v) is 4.22. The molecule has 5 rings (SSSR count). The average Bonchev–Trinajstić information content (AvgIpc) is 3.15. The minimum atomic E-state index is -0.990. The summed E-state index contributed by atoms with van der Waals surface area (Å²) in [5.41, 5.74) is 4.65. The zero-order valence-electron chi connectivity index (χ0n) is 17.0. The Balaban J connectivity index is 1.87. The smallest absolute Gasteiger partial charge is 0.336 e. The Morgan fingerprint density at radius 3 is 2.26 bits per heavy atom. The van der Waals surface area contributed by atoms with Crippen molar-refractivity contribution >= 4 is 33.5 Å². The SMILES string of the molecule is Cc1cc(=O)oc2c(C)c3oc(C(O)c4ccc(Cl)cc4)c(-c4ccccc4)c3cc12. The Bertz CT molecular complexity index is 1480. The van der Waals surface area contributed by atoms with Gasteiger partial charge in [0.2, 0.25) is 0 Å².